The highest BCUT2D eigenvalue weighted by atomic mass is 35.5. The second kappa shape index (κ2) is 7.34. The van der Waals surface area contributed by atoms with Gasteiger partial charge in [-0.3, -0.25) is 14.9 Å². The molecule has 0 aliphatic heterocycles. The van der Waals surface area contributed by atoms with E-state index < -0.39 is 37.9 Å². The predicted octanol–water partition coefficient (Wildman–Crippen LogP) is 1.82. The SMILES string of the molecule is CC(=O)OC(CCCl)OS(=O)(=O)c1cccc([N+](=O)[O-])c1. The molecule has 0 saturated heterocycles. The van der Waals surface area contributed by atoms with Crippen LogP contribution in [-0.4, -0.2) is 31.5 Å². The molecule has 21 heavy (non-hydrogen) atoms. The summed E-state index contributed by atoms with van der Waals surface area (Å²) in [6.07, 6.45) is -1.43. The number of rotatable bonds is 7. The Morgan fingerprint density at radius 3 is 2.67 bits per heavy atom. The van der Waals surface area contributed by atoms with Gasteiger partial charge in [0, 0.05) is 31.4 Å². The van der Waals surface area contributed by atoms with Crippen LogP contribution in [-0.2, 0) is 23.8 Å². The molecular formula is C11H12ClNO7S. The van der Waals surface area contributed by atoms with Gasteiger partial charge in [-0.05, 0) is 6.07 Å². The van der Waals surface area contributed by atoms with E-state index in [4.69, 9.17) is 15.8 Å². The first-order valence-corrected chi connectivity index (χ1v) is 7.61. The smallest absolute Gasteiger partial charge is 0.304 e. The van der Waals surface area contributed by atoms with Crippen LogP contribution < -0.4 is 0 Å². The van der Waals surface area contributed by atoms with Gasteiger partial charge < -0.3 is 4.74 Å². The maximum absolute atomic E-state index is 12.0. The molecule has 0 heterocycles. The molecule has 0 spiro atoms. The quantitative estimate of drug-likeness (QED) is 0.186. The first-order chi connectivity index (χ1) is 9.76. The van der Waals surface area contributed by atoms with Gasteiger partial charge in [0.2, 0.25) is 6.29 Å². The number of benzene rings is 1. The van der Waals surface area contributed by atoms with Crippen molar-refractivity contribution in [2.24, 2.45) is 0 Å². The number of hydrogen-bond donors (Lipinski definition) is 0. The van der Waals surface area contributed by atoms with E-state index in [9.17, 15) is 23.3 Å². The number of halogens is 1. The Kier molecular flexibility index (Phi) is 6.06. The molecule has 10 heteroatoms. The van der Waals surface area contributed by atoms with Gasteiger partial charge in [-0.15, -0.1) is 11.6 Å². The van der Waals surface area contributed by atoms with E-state index in [1.165, 1.54) is 6.07 Å². The Labute approximate surface area is 125 Å². The molecule has 0 bridgehead atoms. The van der Waals surface area contributed by atoms with Crippen molar-refractivity contribution in [1.29, 1.82) is 0 Å². The summed E-state index contributed by atoms with van der Waals surface area (Å²) in [7, 11) is -4.32. The largest absolute Gasteiger partial charge is 0.435 e. The van der Waals surface area contributed by atoms with Gasteiger partial charge in [0.15, 0.2) is 0 Å². The highest BCUT2D eigenvalue weighted by Crippen LogP contribution is 2.21. The average Bonchev–Trinajstić information content (AvgIpc) is 2.38. The molecule has 0 radical (unpaired) electrons. The normalized spacial score (nSPS) is 12.7. The van der Waals surface area contributed by atoms with E-state index in [-0.39, 0.29) is 12.3 Å². The van der Waals surface area contributed by atoms with Crippen LogP contribution in [0.2, 0.25) is 0 Å². The molecule has 1 unspecified atom stereocenters. The van der Waals surface area contributed by atoms with Crippen LogP contribution >= 0.6 is 11.6 Å². The van der Waals surface area contributed by atoms with Crippen LogP contribution in [0.25, 0.3) is 0 Å². The van der Waals surface area contributed by atoms with Crippen LogP contribution in [0.1, 0.15) is 13.3 Å². The van der Waals surface area contributed by atoms with E-state index >= 15 is 0 Å². The van der Waals surface area contributed by atoms with Gasteiger partial charge in [0.1, 0.15) is 4.90 Å². The van der Waals surface area contributed by atoms with E-state index in [2.05, 4.69) is 4.74 Å². The van der Waals surface area contributed by atoms with Crippen molar-refractivity contribution in [3.8, 4) is 0 Å². The van der Waals surface area contributed by atoms with Crippen LogP contribution in [0.4, 0.5) is 5.69 Å². The van der Waals surface area contributed by atoms with E-state index in [0.29, 0.717) is 0 Å². The van der Waals surface area contributed by atoms with Gasteiger partial charge in [-0.1, -0.05) is 6.07 Å². The third-order valence-electron chi connectivity index (χ3n) is 2.19. The molecule has 0 fully saturated rings. The molecule has 116 valence electrons. The summed E-state index contributed by atoms with van der Waals surface area (Å²) in [6, 6.07) is 4.33. The Bertz CT molecular complexity index is 631. The first kappa shape index (κ1) is 17.3. The zero-order valence-electron chi connectivity index (χ0n) is 10.9. The third kappa shape index (κ3) is 5.29. The molecule has 8 nitrogen and oxygen atoms in total. The van der Waals surface area contributed by atoms with Crippen molar-refractivity contribution in [3.63, 3.8) is 0 Å². The number of nitro benzene ring substituents is 1. The zero-order chi connectivity index (χ0) is 16.0. The van der Waals surface area contributed by atoms with Crippen molar-refractivity contribution in [2.45, 2.75) is 24.5 Å². The highest BCUT2D eigenvalue weighted by molar-refractivity contribution is 7.86. The monoisotopic (exact) mass is 337 g/mol. The summed E-state index contributed by atoms with van der Waals surface area (Å²) in [6.45, 7) is 1.09. The number of nitrogens with zero attached hydrogens (tertiary/aromatic N) is 1. The molecule has 1 aromatic carbocycles. The Balaban J connectivity index is 3.01. The van der Waals surface area contributed by atoms with Gasteiger partial charge >= 0.3 is 16.1 Å². The molecular weight excluding hydrogens is 326 g/mol. The fourth-order valence-corrected chi connectivity index (χ4v) is 2.57. The summed E-state index contributed by atoms with van der Waals surface area (Å²) in [5.41, 5.74) is -0.402. The Morgan fingerprint density at radius 1 is 1.48 bits per heavy atom. The van der Waals surface area contributed by atoms with E-state index in [0.717, 1.165) is 25.1 Å². The van der Waals surface area contributed by atoms with Crippen molar-refractivity contribution in [2.75, 3.05) is 5.88 Å². The number of ether oxygens (including phenoxy) is 1. The summed E-state index contributed by atoms with van der Waals surface area (Å²) in [4.78, 5) is 20.4. The molecule has 0 aromatic heterocycles. The molecule has 0 N–H and O–H groups in total. The Morgan fingerprint density at radius 2 is 2.14 bits per heavy atom. The van der Waals surface area contributed by atoms with Crippen molar-refractivity contribution >= 4 is 33.4 Å². The second-order valence-corrected chi connectivity index (χ2v) is 5.77. The molecule has 1 rings (SSSR count). The lowest BCUT2D eigenvalue weighted by molar-refractivity contribution is -0.385. The number of nitro groups is 1. The maximum Gasteiger partial charge on any atom is 0.304 e. The Hall–Kier alpha value is -1.71. The molecule has 0 amide bonds. The average molecular weight is 338 g/mol. The standard InChI is InChI=1S/C11H12ClNO7S/c1-8(14)19-11(5-6-12)20-21(17,18)10-4-2-3-9(7-10)13(15)16/h2-4,7,11H,5-6H2,1H3. The van der Waals surface area contributed by atoms with Crippen LogP contribution in [0, 0.1) is 10.1 Å². The number of carbonyl (C=O) groups is 1. The van der Waals surface area contributed by atoms with Crippen LogP contribution in [0.15, 0.2) is 29.2 Å². The van der Waals surface area contributed by atoms with Gasteiger partial charge in [-0.25, -0.2) is 4.18 Å². The number of non-ortho nitro benzene ring substituents is 1. The van der Waals surface area contributed by atoms with Crippen molar-refractivity contribution in [1.82, 2.24) is 0 Å². The summed E-state index contributed by atoms with van der Waals surface area (Å²) in [5.74, 6) is -0.734. The lowest BCUT2D eigenvalue weighted by Gasteiger charge is -2.16. The summed E-state index contributed by atoms with van der Waals surface area (Å²) >= 11 is 5.47. The predicted molar refractivity (Wildman–Crippen MR) is 72.3 cm³/mol. The van der Waals surface area contributed by atoms with E-state index in [1.54, 1.807) is 0 Å². The van der Waals surface area contributed by atoms with Gasteiger partial charge in [-0.2, -0.15) is 8.42 Å². The van der Waals surface area contributed by atoms with E-state index in [1.807, 2.05) is 0 Å². The zero-order valence-corrected chi connectivity index (χ0v) is 12.5. The maximum atomic E-state index is 12.0. The first-order valence-electron chi connectivity index (χ1n) is 5.67. The van der Waals surface area contributed by atoms with Gasteiger partial charge in [0.05, 0.1) is 4.92 Å². The lowest BCUT2D eigenvalue weighted by Crippen LogP contribution is -2.24. The lowest BCUT2D eigenvalue weighted by atomic mass is 10.3. The topological polar surface area (TPSA) is 113 Å². The van der Waals surface area contributed by atoms with Gasteiger partial charge in [0.25, 0.3) is 5.69 Å². The molecule has 1 aromatic rings. The fourth-order valence-electron chi connectivity index (χ4n) is 1.35. The van der Waals surface area contributed by atoms with Crippen molar-refractivity contribution in [3.05, 3.63) is 34.4 Å². The minimum Gasteiger partial charge on any atom is -0.435 e. The minimum absolute atomic E-state index is 0.00239. The third-order valence-corrected chi connectivity index (χ3v) is 3.71. The number of carbonyl (C=O) groups excluding carboxylic acids is 1. The number of hydrogen-bond acceptors (Lipinski definition) is 7. The van der Waals surface area contributed by atoms with Crippen molar-refractivity contribution < 1.29 is 27.1 Å². The minimum atomic E-state index is -4.32. The summed E-state index contributed by atoms with van der Waals surface area (Å²) in [5, 5.41) is 10.6. The molecule has 0 aliphatic rings. The number of alkyl halides is 1. The highest BCUT2D eigenvalue weighted by Gasteiger charge is 2.25. The van der Waals surface area contributed by atoms with Crippen LogP contribution in [0.3, 0.4) is 0 Å². The summed E-state index contributed by atoms with van der Waals surface area (Å²) < 4.78 is 33.4. The molecule has 0 saturated carbocycles. The molecule has 0 aliphatic carbocycles. The number of esters is 1. The molecule has 1 atom stereocenters. The van der Waals surface area contributed by atoms with Crippen LogP contribution in [0.5, 0.6) is 0 Å². The fraction of sp³-hybridized carbons (Fsp3) is 0.364. The second-order valence-electron chi connectivity index (χ2n) is 3.82.